The largest absolute Gasteiger partial charge is 0.497 e. The molecule has 1 heterocycles. The van der Waals surface area contributed by atoms with Crippen LogP contribution >= 0.6 is 24.8 Å². The summed E-state index contributed by atoms with van der Waals surface area (Å²) >= 11 is 0. The van der Waals surface area contributed by atoms with Crippen molar-refractivity contribution in [2.24, 2.45) is 0 Å². The average molecular weight is 537 g/mol. The number of carbonyl (C=O) groups is 1. The van der Waals surface area contributed by atoms with E-state index in [1.807, 2.05) is 43.0 Å². The van der Waals surface area contributed by atoms with E-state index in [9.17, 15) is 4.79 Å². The van der Waals surface area contributed by atoms with Gasteiger partial charge >= 0.3 is 0 Å². The van der Waals surface area contributed by atoms with Crippen LogP contribution in [0.3, 0.4) is 0 Å². The van der Waals surface area contributed by atoms with E-state index >= 15 is 0 Å². The zero-order chi connectivity index (χ0) is 24.9. The van der Waals surface area contributed by atoms with E-state index in [0.717, 1.165) is 30.9 Å². The van der Waals surface area contributed by atoms with Crippen LogP contribution in [0.25, 0.3) is 0 Å². The summed E-state index contributed by atoms with van der Waals surface area (Å²) in [6.07, 6.45) is 2.00. The van der Waals surface area contributed by atoms with Crippen molar-refractivity contribution in [2.45, 2.75) is 45.2 Å². The van der Waals surface area contributed by atoms with Gasteiger partial charge in [0.15, 0.2) is 0 Å². The first-order valence-electron chi connectivity index (χ1n) is 12.3. The summed E-state index contributed by atoms with van der Waals surface area (Å²) < 4.78 is 5.57. The Balaban J connectivity index is 0.00000324. The van der Waals surface area contributed by atoms with Crippen LogP contribution in [0.2, 0.25) is 0 Å². The minimum absolute atomic E-state index is 0. The predicted molar refractivity (Wildman–Crippen MR) is 155 cm³/mol. The zero-order valence-corrected chi connectivity index (χ0v) is 24.2. The number of hydrogen-bond acceptors (Lipinski definition) is 4. The number of methoxy groups -OCH3 is 1. The Bertz CT molecular complexity index is 977. The van der Waals surface area contributed by atoms with E-state index in [-0.39, 0.29) is 48.2 Å². The molecule has 1 aliphatic rings. The van der Waals surface area contributed by atoms with Crippen LogP contribution in [0, 0.1) is 0 Å². The lowest BCUT2D eigenvalue weighted by Gasteiger charge is -2.52. The Morgan fingerprint density at radius 2 is 1.78 bits per heavy atom. The van der Waals surface area contributed by atoms with Gasteiger partial charge in [0, 0.05) is 55.8 Å². The minimum Gasteiger partial charge on any atom is -0.497 e. The van der Waals surface area contributed by atoms with Gasteiger partial charge < -0.3 is 9.64 Å². The lowest BCUT2D eigenvalue weighted by molar-refractivity contribution is -0.000423. The Morgan fingerprint density at radius 3 is 2.33 bits per heavy atom. The summed E-state index contributed by atoms with van der Waals surface area (Å²) in [7, 11) is 3.93. The van der Waals surface area contributed by atoms with E-state index in [0.29, 0.717) is 13.1 Å². The highest BCUT2D eigenvalue weighted by molar-refractivity contribution is 5.94. The maximum atomic E-state index is 12.9. The molecular weight excluding hydrogens is 493 g/mol. The van der Waals surface area contributed by atoms with Gasteiger partial charge in [0.25, 0.3) is 5.91 Å². The molecule has 0 bridgehead atoms. The number of likely N-dealkylation sites (N-methyl/N-ethyl adjacent to an activating group) is 1. The summed E-state index contributed by atoms with van der Waals surface area (Å²) in [4.78, 5) is 19.7. The minimum atomic E-state index is 0. The van der Waals surface area contributed by atoms with Gasteiger partial charge in [-0.2, -0.15) is 0 Å². The molecule has 0 N–H and O–H groups in total. The molecule has 1 aliphatic heterocycles. The summed E-state index contributed by atoms with van der Waals surface area (Å²) in [5.41, 5.74) is 3.24. The topological polar surface area (TPSA) is 36.0 Å². The lowest BCUT2D eigenvalue weighted by atomic mass is 9.80. The van der Waals surface area contributed by atoms with Crippen molar-refractivity contribution < 1.29 is 9.53 Å². The van der Waals surface area contributed by atoms with Crippen LogP contribution in [-0.4, -0.2) is 79.1 Å². The van der Waals surface area contributed by atoms with Gasteiger partial charge in [-0.3, -0.25) is 14.6 Å². The molecule has 2 aromatic rings. The fourth-order valence-corrected chi connectivity index (χ4v) is 5.06. The van der Waals surface area contributed by atoms with Crippen LogP contribution in [0.5, 0.6) is 5.75 Å². The van der Waals surface area contributed by atoms with Crippen molar-refractivity contribution in [2.75, 3.05) is 46.9 Å². The maximum Gasteiger partial charge on any atom is 0.253 e. The SMILES string of the molecule is C=CCN1CC(C)(C)N(C)CC1C(c1ccc(C(=O)N(CC)CC)cc1)c1cccc(OC)c1.Cl.Cl. The molecule has 1 fully saturated rings. The van der Waals surface area contributed by atoms with Crippen molar-refractivity contribution in [1.29, 1.82) is 0 Å². The van der Waals surface area contributed by atoms with Crippen molar-refractivity contribution in [3.8, 4) is 5.75 Å². The number of benzene rings is 2. The first-order valence-corrected chi connectivity index (χ1v) is 12.3. The summed E-state index contributed by atoms with van der Waals surface area (Å²) in [5, 5.41) is 0. The lowest BCUT2D eigenvalue weighted by Crippen LogP contribution is -2.63. The van der Waals surface area contributed by atoms with Crippen LogP contribution < -0.4 is 4.74 Å². The van der Waals surface area contributed by atoms with Crippen molar-refractivity contribution in [3.05, 3.63) is 77.9 Å². The molecule has 0 aliphatic carbocycles. The van der Waals surface area contributed by atoms with Gasteiger partial charge in [0.05, 0.1) is 7.11 Å². The molecular formula is C29H43Cl2N3O2. The second-order valence-electron chi connectivity index (χ2n) is 9.83. The number of carbonyl (C=O) groups excluding carboxylic acids is 1. The second kappa shape index (κ2) is 14.0. The molecule has 0 saturated carbocycles. The molecule has 1 saturated heterocycles. The highest BCUT2D eigenvalue weighted by Gasteiger charge is 2.40. The van der Waals surface area contributed by atoms with E-state index in [2.05, 4.69) is 67.6 Å². The average Bonchev–Trinajstić information content (AvgIpc) is 2.83. The van der Waals surface area contributed by atoms with Crippen LogP contribution in [0.1, 0.15) is 55.1 Å². The van der Waals surface area contributed by atoms with Gasteiger partial charge in [0.1, 0.15) is 5.75 Å². The van der Waals surface area contributed by atoms with Crippen LogP contribution in [-0.2, 0) is 0 Å². The molecule has 2 atom stereocenters. The van der Waals surface area contributed by atoms with Gasteiger partial charge in [-0.1, -0.05) is 30.3 Å². The molecule has 0 radical (unpaired) electrons. The quantitative estimate of drug-likeness (QED) is 0.384. The van der Waals surface area contributed by atoms with E-state index < -0.39 is 0 Å². The third kappa shape index (κ3) is 7.04. The number of rotatable bonds is 9. The fourth-order valence-electron chi connectivity index (χ4n) is 5.06. The van der Waals surface area contributed by atoms with Gasteiger partial charge in [0.2, 0.25) is 0 Å². The third-order valence-electron chi connectivity index (χ3n) is 7.32. The number of piperazine rings is 1. The highest BCUT2D eigenvalue weighted by atomic mass is 35.5. The normalized spacial score (nSPS) is 18.3. The standard InChI is InChI=1S/C29H41N3O2.2ClH/c1-8-18-32-21-29(4,5)30(6)20-26(32)27(24-12-11-13-25(19-24)34-7)22-14-16-23(17-15-22)28(33)31(9-2)10-3;;/h8,11-17,19,26-27H,1,9-10,18,20-21H2,2-7H3;2*1H. The maximum absolute atomic E-state index is 12.9. The molecule has 2 unspecified atom stereocenters. The first-order chi connectivity index (χ1) is 16.2. The van der Waals surface area contributed by atoms with Gasteiger partial charge in [-0.05, 0) is 70.1 Å². The predicted octanol–water partition coefficient (Wildman–Crippen LogP) is 5.73. The monoisotopic (exact) mass is 535 g/mol. The molecule has 0 aromatic heterocycles. The fraction of sp³-hybridized carbons (Fsp3) is 0.483. The molecule has 2 aromatic carbocycles. The molecule has 1 amide bonds. The van der Waals surface area contributed by atoms with Crippen molar-refractivity contribution in [1.82, 2.24) is 14.7 Å². The molecule has 5 nitrogen and oxygen atoms in total. The second-order valence-corrected chi connectivity index (χ2v) is 9.83. The molecule has 36 heavy (non-hydrogen) atoms. The van der Waals surface area contributed by atoms with E-state index in [1.165, 1.54) is 11.1 Å². The Morgan fingerprint density at radius 1 is 1.14 bits per heavy atom. The van der Waals surface area contributed by atoms with E-state index in [1.54, 1.807) is 7.11 Å². The van der Waals surface area contributed by atoms with Gasteiger partial charge in [-0.15, -0.1) is 31.4 Å². The molecule has 3 rings (SSSR count). The number of amides is 1. The molecule has 0 spiro atoms. The number of hydrogen-bond donors (Lipinski definition) is 0. The molecule has 200 valence electrons. The van der Waals surface area contributed by atoms with Crippen molar-refractivity contribution >= 4 is 30.7 Å². The number of ether oxygens (including phenoxy) is 1. The third-order valence-corrected chi connectivity index (χ3v) is 7.32. The van der Waals surface area contributed by atoms with Crippen molar-refractivity contribution in [3.63, 3.8) is 0 Å². The van der Waals surface area contributed by atoms with Gasteiger partial charge in [-0.25, -0.2) is 0 Å². The summed E-state index contributed by atoms with van der Waals surface area (Å²) in [6, 6.07) is 16.9. The smallest absolute Gasteiger partial charge is 0.253 e. The van der Waals surface area contributed by atoms with Crippen LogP contribution in [0.4, 0.5) is 0 Å². The Kier molecular flexibility index (Phi) is 12.5. The highest BCUT2D eigenvalue weighted by Crippen LogP contribution is 2.37. The van der Waals surface area contributed by atoms with E-state index in [4.69, 9.17) is 4.74 Å². The first kappa shape index (κ1) is 32.0. The molecule has 7 heteroatoms. The number of halogens is 2. The Labute approximate surface area is 230 Å². The summed E-state index contributed by atoms with van der Waals surface area (Å²) in [5.74, 6) is 1.07. The summed E-state index contributed by atoms with van der Waals surface area (Å²) in [6.45, 7) is 16.8. The van der Waals surface area contributed by atoms with Crippen LogP contribution in [0.15, 0.2) is 61.2 Å². The number of nitrogens with zero attached hydrogens (tertiary/aromatic N) is 3. The zero-order valence-electron chi connectivity index (χ0n) is 22.6. The Hall–Kier alpha value is -2.05.